The van der Waals surface area contributed by atoms with Crippen LogP contribution < -0.4 is 5.32 Å². The zero-order valence-electron chi connectivity index (χ0n) is 14.4. The molecule has 0 aromatic rings. The molecule has 0 aromatic heterocycles. The van der Waals surface area contributed by atoms with Gasteiger partial charge in [-0.3, -0.25) is 9.59 Å². The van der Waals surface area contributed by atoms with Gasteiger partial charge in [-0.2, -0.15) is 0 Å². The summed E-state index contributed by atoms with van der Waals surface area (Å²) in [6.07, 6.45) is -1.10. The maximum Gasteiger partial charge on any atom is 0.248 e. The third kappa shape index (κ3) is 3.33. The Bertz CT molecular complexity index is 546. The van der Waals surface area contributed by atoms with Gasteiger partial charge in [0.2, 0.25) is 11.8 Å². The molecule has 0 aliphatic carbocycles. The first-order valence-corrected chi connectivity index (χ1v) is 8.24. The van der Waals surface area contributed by atoms with Gasteiger partial charge in [0.25, 0.3) is 0 Å². The number of aliphatic hydroxyl groups is 1. The van der Waals surface area contributed by atoms with Crippen LogP contribution in [0.1, 0.15) is 34.1 Å². The zero-order chi connectivity index (χ0) is 18.0. The van der Waals surface area contributed by atoms with Crippen LogP contribution >= 0.6 is 0 Å². The smallest absolute Gasteiger partial charge is 0.248 e. The summed E-state index contributed by atoms with van der Waals surface area (Å²) in [6, 6.07) is -1.82. The summed E-state index contributed by atoms with van der Waals surface area (Å²) in [4.78, 5) is 29.7. The van der Waals surface area contributed by atoms with Gasteiger partial charge in [-0.25, -0.2) is 0 Å². The number of amides is 2. The number of carbonyl (C=O) groups excluding carboxylic acids is 2. The van der Waals surface area contributed by atoms with E-state index >= 15 is 0 Å². The average Bonchev–Trinajstić information content (AvgIpc) is 2.91. The molecular weight excluding hydrogens is 314 g/mol. The number of piperazine rings is 1. The highest BCUT2D eigenvalue weighted by Crippen LogP contribution is 2.31. The molecule has 0 unspecified atom stereocenters. The molecule has 2 saturated heterocycles. The molecule has 0 spiro atoms. The van der Waals surface area contributed by atoms with Gasteiger partial charge in [-0.15, -0.1) is 0 Å². The van der Waals surface area contributed by atoms with E-state index < -0.39 is 30.5 Å². The summed E-state index contributed by atoms with van der Waals surface area (Å²) >= 11 is 0. The Hall–Kier alpha value is -1.83. The van der Waals surface area contributed by atoms with Crippen LogP contribution in [0, 0.1) is 11.8 Å². The second-order valence-electron chi connectivity index (χ2n) is 6.98. The van der Waals surface area contributed by atoms with Crippen LogP contribution in [-0.2, 0) is 14.3 Å². The molecule has 134 valence electrons. The third-order valence-electron chi connectivity index (χ3n) is 4.58. The summed E-state index contributed by atoms with van der Waals surface area (Å²) < 4.78 is 5.75. The van der Waals surface area contributed by atoms with Crippen LogP contribution in [0.15, 0.2) is 5.11 Å². The summed E-state index contributed by atoms with van der Waals surface area (Å²) in [5.41, 5.74) is 8.66. The van der Waals surface area contributed by atoms with Gasteiger partial charge in [0.05, 0.1) is 18.8 Å². The van der Waals surface area contributed by atoms with E-state index in [-0.39, 0.29) is 36.7 Å². The van der Waals surface area contributed by atoms with Crippen molar-refractivity contribution in [3.8, 4) is 0 Å². The highest BCUT2D eigenvalue weighted by molar-refractivity contribution is 5.97. The molecule has 2 aliphatic heterocycles. The van der Waals surface area contributed by atoms with Crippen molar-refractivity contribution in [1.82, 2.24) is 10.2 Å². The molecule has 0 bridgehead atoms. The fourth-order valence-corrected chi connectivity index (χ4v) is 3.36. The van der Waals surface area contributed by atoms with Crippen molar-refractivity contribution in [1.29, 1.82) is 0 Å². The zero-order valence-corrected chi connectivity index (χ0v) is 14.4. The van der Waals surface area contributed by atoms with Gasteiger partial charge in [0.15, 0.2) is 0 Å². The maximum absolute atomic E-state index is 12.9. The van der Waals surface area contributed by atoms with Crippen molar-refractivity contribution in [3.05, 3.63) is 10.4 Å². The minimum Gasteiger partial charge on any atom is -0.394 e. The molecular formula is C15H25N5O4. The van der Waals surface area contributed by atoms with Crippen molar-refractivity contribution in [2.75, 3.05) is 6.61 Å². The first kappa shape index (κ1) is 18.5. The fraction of sp³-hybridized carbons (Fsp3) is 0.867. The van der Waals surface area contributed by atoms with Gasteiger partial charge in [0, 0.05) is 11.3 Å². The normalized spacial score (nSPS) is 33.8. The Labute approximate surface area is 141 Å². The van der Waals surface area contributed by atoms with Gasteiger partial charge in [-0.05, 0) is 17.4 Å². The van der Waals surface area contributed by atoms with Crippen LogP contribution in [0.5, 0.6) is 0 Å². The second kappa shape index (κ2) is 7.38. The summed E-state index contributed by atoms with van der Waals surface area (Å²) in [5, 5.41) is 15.9. The van der Waals surface area contributed by atoms with E-state index in [1.54, 1.807) is 0 Å². The molecule has 2 heterocycles. The van der Waals surface area contributed by atoms with Crippen LogP contribution in [0.25, 0.3) is 10.4 Å². The number of carbonyl (C=O) groups is 2. The second-order valence-corrected chi connectivity index (χ2v) is 6.98. The molecule has 5 atom stereocenters. The number of azide groups is 1. The average molecular weight is 339 g/mol. The SMILES string of the molecule is CC(C)[C@@H]1NC(=O)[C@H](C(C)C)N([C@H]2C[C@H](N=[N+]=[N-])[C@@H](CO)O2)C1=O. The largest absolute Gasteiger partial charge is 0.394 e. The number of hydrogen-bond donors (Lipinski definition) is 2. The Kier molecular flexibility index (Phi) is 5.69. The highest BCUT2D eigenvalue weighted by atomic mass is 16.5. The van der Waals surface area contributed by atoms with Crippen molar-refractivity contribution in [3.63, 3.8) is 0 Å². The fourth-order valence-electron chi connectivity index (χ4n) is 3.36. The third-order valence-corrected chi connectivity index (χ3v) is 4.58. The minimum absolute atomic E-state index is 0.0555. The minimum atomic E-state index is -0.690. The molecule has 2 aliphatic rings. The van der Waals surface area contributed by atoms with Crippen molar-refractivity contribution in [2.24, 2.45) is 17.0 Å². The first-order chi connectivity index (χ1) is 11.3. The highest BCUT2D eigenvalue weighted by Gasteiger charge is 2.49. The number of nitrogens with zero attached hydrogens (tertiary/aromatic N) is 4. The van der Waals surface area contributed by atoms with Crippen LogP contribution in [0.2, 0.25) is 0 Å². The Balaban J connectivity index is 2.33. The molecule has 9 heteroatoms. The molecule has 0 radical (unpaired) electrons. The molecule has 24 heavy (non-hydrogen) atoms. The van der Waals surface area contributed by atoms with E-state index in [2.05, 4.69) is 15.3 Å². The predicted octanol–water partition coefficient (Wildman–Crippen LogP) is 0.780. The van der Waals surface area contributed by atoms with Gasteiger partial charge < -0.3 is 20.1 Å². The Morgan fingerprint density at radius 3 is 2.54 bits per heavy atom. The summed E-state index contributed by atoms with van der Waals surface area (Å²) in [6.45, 7) is 7.15. The number of hydrogen-bond acceptors (Lipinski definition) is 5. The molecule has 2 amide bonds. The van der Waals surface area contributed by atoms with E-state index in [0.29, 0.717) is 0 Å². The lowest BCUT2D eigenvalue weighted by Crippen LogP contribution is -2.68. The summed E-state index contributed by atoms with van der Waals surface area (Å²) in [7, 11) is 0. The number of aliphatic hydroxyl groups excluding tert-OH is 1. The lowest BCUT2D eigenvalue weighted by Gasteiger charge is -2.44. The molecule has 2 fully saturated rings. The van der Waals surface area contributed by atoms with Gasteiger partial charge in [0.1, 0.15) is 18.3 Å². The number of nitrogens with one attached hydrogen (secondary N) is 1. The number of ether oxygens (including phenoxy) is 1. The molecule has 0 saturated carbocycles. The maximum atomic E-state index is 12.9. The van der Waals surface area contributed by atoms with Crippen LogP contribution in [-0.4, -0.2) is 58.9 Å². The van der Waals surface area contributed by atoms with E-state index in [9.17, 15) is 14.7 Å². The van der Waals surface area contributed by atoms with Gasteiger partial charge in [-0.1, -0.05) is 32.8 Å². The van der Waals surface area contributed by atoms with Crippen LogP contribution in [0.4, 0.5) is 0 Å². The van der Waals surface area contributed by atoms with E-state index in [0.717, 1.165) is 0 Å². The lowest BCUT2D eigenvalue weighted by atomic mass is 9.92. The molecule has 2 N–H and O–H groups in total. The Morgan fingerprint density at radius 2 is 2.04 bits per heavy atom. The standard InChI is InChI=1S/C15H25N5O4/c1-7(2)12-15(23)20(13(8(3)4)14(22)17-12)11-5-9(18-19-16)10(6-21)24-11/h7-13,21H,5-6H2,1-4H3,(H,17,22)/t9-,10+,11+,12-,13-/m0/s1. The summed E-state index contributed by atoms with van der Waals surface area (Å²) in [5.74, 6) is -0.567. The Morgan fingerprint density at radius 1 is 1.38 bits per heavy atom. The van der Waals surface area contributed by atoms with E-state index in [1.165, 1.54) is 4.90 Å². The van der Waals surface area contributed by atoms with E-state index in [4.69, 9.17) is 10.3 Å². The van der Waals surface area contributed by atoms with Crippen molar-refractivity contribution in [2.45, 2.75) is 64.6 Å². The van der Waals surface area contributed by atoms with Crippen molar-refractivity contribution < 1.29 is 19.4 Å². The van der Waals surface area contributed by atoms with Crippen molar-refractivity contribution >= 4 is 11.8 Å². The monoisotopic (exact) mass is 339 g/mol. The molecule has 2 rings (SSSR count). The number of rotatable bonds is 5. The lowest BCUT2D eigenvalue weighted by molar-refractivity contribution is -0.170. The van der Waals surface area contributed by atoms with Gasteiger partial charge >= 0.3 is 0 Å². The van der Waals surface area contributed by atoms with E-state index in [1.807, 2.05) is 27.7 Å². The van der Waals surface area contributed by atoms with Crippen LogP contribution in [0.3, 0.4) is 0 Å². The molecule has 9 nitrogen and oxygen atoms in total. The first-order valence-electron chi connectivity index (χ1n) is 8.24. The predicted molar refractivity (Wildman–Crippen MR) is 85.5 cm³/mol. The topological polar surface area (TPSA) is 128 Å². The molecule has 0 aromatic carbocycles. The quantitative estimate of drug-likeness (QED) is 0.436.